The fourth-order valence-electron chi connectivity index (χ4n) is 2.36. The summed E-state index contributed by atoms with van der Waals surface area (Å²) in [5, 5.41) is 6.04. The first-order valence-electron chi connectivity index (χ1n) is 8.92. The van der Waals surface area contributed by atoms with E-state index in [2.05, 4.69) is 20.5 Å². The number of carbonyl (C=O) groups is 2. The number of benzene rings is 1. The smallest absolute Gasteiger partial charge is 0.338 e. The van der Waals surface area contributed by atoms with Crippen LogP contribution in [0.15, 0.2) is 42.6 Å². The van der Waals surface area contributed by atoms with Crippen molar-refractivity contribution in [3.05, 3.63) is 53.9 Å². The Balaban J connectivity index is 1.88. The molecule has 0 atom stereocenters. The van der Waals surface area contributed by atoms with Crippen LogP contribution in [-0.4, -0.2) is 55.6 Å². The van der Waals surface area contributed by atoms with Crippen molar-refractivity contribution in [3.8, 4) is 0 Å². The maximum atomic E-state index is 12.1. The second kappa shape index (κ2) is 10.3. The highest BCUT2D eigenvalue weighted by molar-refractivity contribution is 5.92. The van der Waals surface area contributed by atoms with E-state index in [-0.39, 0.29) is 11.9 Å². The first-order chi connectivity index (χ1) is 13.0. The number of anilines is 2. The van der Waals surface area contributed by atoms with Gasteiger partial charge < -0.3 is 20.3 Å². The van der Waals surface area contributed by atoms with Crippen LogP contribution in [0.5, 0.6) is 0 Å². The predicted octanol–water partition coefficient (Wildman–Crippen LogP) is 2.68. The van der Waals surface area contributed by atoms with E-state index in [0.29, 0.717) is 24.4 Å². The zero-order valence-corrected chi connectivity index (χ0v) is 16.0. The van der Waals surface area contributed by atoms with Crippen LogP contribution in [0.3, 0.4) is 0 Å². The zero-order chi connectivity index (χ0) is 19.6. The van der Waals surface area contributed by atoms with Crippen molar-refractivity contribution in [2.24, 2.45) is 0 Å². The lowest BCUT2D eigenvalue weighted by Crippen LogP contribution is -2.27. The summed E-state index contributed by atoms with van der Waals surface area (Å²) < 4.78 is 4.96. The molecule has 1 aromatic carbocycles. The molecule has 0 spiro atoms. The number of rotatable bonds is 9. The summed E-state index contributed by atoms with van der Waals surface area (Å²) in [5.74, 6) is -0.522. The highest BCUT2D eigenvalue weighted by atomic mass is 16.5. The van der Waals surface area contributed by atoms with Crippen LogP contribution < -0.4 is 10.6 Å². The molecule has 144 valence electrons. The van der Waals surface area contributed by atoms with Crippen molar-refractivity contribution >= 4 is 23.3 Å². The number of pyridine rings is 1. The van der Waals surface area contributed by atoms with E-state index in [1.165, 1.54) is 0 Å². The summed E-state index contributed by atoms with van der Waals surface area (Å²) in [4.78, 5) is 30.0. The number of ether oxygens (including phenoxy) is 1. The van der Waals surface area contributed by atoms with Gasteiger partial charge in [-0.2, -0.15) is 0 Å². The van der Waals surface area contributed by atoms with Crippen LogP contribution in [0, 0.1) is 0 Å². The van der Waals surface area contributed by atoms with Crippen LogP contribution in [0.1, 0.15) is 34.2 Å². The van der Waals surface area contributed by atoms with E-state index in [1.807, 2.05) is 14.1 Å². The van der Waals surface area contributed by atoms with Crippen LogP contribution in [-0.2, 0) is 4.74 Å². The average Bonchev–Trinajstić information content (AvgIpc) is 2.66. The fourth-order valence-corrected chi connectivity index (χ4v) is 2.36. The van der Waals surface area contributed by atoms with Crippen LogP contribution >= 0.6 is 0 Å². The molecule has 0 radical (unpaired) electrons. The molecule has 27 heavy (non-hydrogen) atoms. The Bertz CT molecular complexity index is 743. The Kier molecular flexibility index (Phi) is 7.76. The summed E-state index contributed by atoms with van der Waals surface area (Å²) in [6.07, 6.45) is 2.49. The lowest BCUT2D eigenvalue weighted by Gasteiger charge is -2.10. The first-order valence-corrected chi connectivity index (χ1v) is 8.92. The molecule has 0 saturated carbocycles. The standard InChI is InChI=1S/C20H26N4O3/c1-4-27-20(26)15-6-8-16(9-7-15)23-17-10-11-18(22-14-17)19(25)21-12-5-13-24(2)3/h6-11,14,23H,4-5,12-13H2,1-3H3,(H,21,25). The van der Waals surface area contributed by atoms with E-state index >= 15 is 0 Å². The van der Waals surface area contributed by atoms with Crippen molar-refractivity contribution in [3.63, 3.8) is 0 Å². The van der Waals surface area contributed by atoms with E-state index in [9.17, 15) is 9.59 Å². The van der Waals surface area contributed by atoms with Crippen molar-refractivity contribution in [2.45, 2.75) is 13.3 Å². The summed E-state index contributed by atoms with van der Waals surface area (Å²) in [7, 11) is 4.00. The largest absolute Gasteiger partial charge is 0.462 e. The van der Waals surface area contributed by atoms with E-state index < -0.39 is 0 Å². The van der Waals surface area contributed by atoms with Gasteiger partial charge in [-0.25, -0.2) is 9.78 Å². The second-order valence-corrected chi connectivity index (χ2v) is 6.27. The van der Waals surface area contributed by atoms with E-state index in [0.717, 1.165) is 24.3 Å². The second-order valence-electron chi connectivity index (χ2n) is 6.27. The predicted molar refractivity (Wildman–Crippen MR) is 105 cm³/mol. The SMILES string of the molecule is CCOC(=O)c1ccc(Nc2ccc(C(=O)NCCCN(C)C)nc2)cc1. The molecule has 2 aromatic rings. The number of esters is 1. The van der Waals surface area contributed by atoms with Gasteiger partial charge in [0, 0.05) is 12.2 Å². The topological polar surface area (TPSA) is 83.6 Å². The normalized spacial score (nSPS) is 10.5. The summed E-state index contributed by atoms with van der Waals surface area (Å²) in [5.41, 5.74) is 2.44. The van der Waals surface area contributed by atoms with Crippen molar-refractivity contribution in [1.82, 2.24) is 15.2 Å². The molecule has 0 fully saturated rings. The highest BCUT2D eigenvalue weighted by Crippen LogP contribution is 2.17. The third kappa shape index (κ3) is 6.71. The van der Waals surface area contributed by atoms with Gasteiger partial charge in [-0.15, -0.1) is 0 Å². The molecular weight excluding hydrogens is 344 g/mol. The minimum atomic E-state index is -0.341. The number of amides is 1. The van der Waals surface area contributed by atoms with E-state index in [4.69, 9.17) is 4.74 Å². The molecule has 0 saturated heterocycles. The molecule has 7 nitrogen and oxygen atoms in total. The Morgan fingerprint density at radius 1 is 1.07 bits per heavy atom. The monoisotopic (exact) mass is 370 g/mol. The molecule has 7 heteroatoms. The fraction of sp³-hybridized carbons (Fsp3) is 0.350. The average molecular weight is 370 g/mol. The molecule has 0 aliphatic rings. The molecule has 0 bridgehead atoms. The Labute approximate surface area is 159 Å². The Hall–Kier alpha value is -2.93. The molecule has 1 aromatic heterocycles. The van der Waals surface area contributed by atoms with Gasteiger partial charge in [-0.3, -0.25) is 4.79 Å². The van der Waals surface area contributed by atoms with Gasteiger partial charge in [-0.1, -0.05) is 0 Å². The first kappa shape index (κ1) is 20.4. The maximum Gasteiger partial charge on any atom is 0.338 e. The van der Waals surface area contributed by atoms with Gasteiger partial charge in [-0.05, 0) is 70.4 Å². The molecule has 0 unspecified atom stereocenters. The van der Waals surface area contributed by atoms with Crippen molar-refractivity contribution in [1.29, 1.82) is 0 Å². The number of carbonyl (C=O) groups excluding carboxylic acids is 2. The van der Waals surface area contributed by atoms with Crippen molar-refractivity contribution < 1.29 is 14.3 Å². The number of nitrogens with zero attached hydrogens (tertiary/aromatic N) is 2. The van der Waals surface area contributed by atoms with Gasteiger partial charge in [0.2, 0.25) is 0 Å². The summed E-state index contributed by atoms with van der Waals surface area (Å²) in [6, 6.07) is 10.4. The van der Waals surface area contributed by atoms with E-state index in [1.54, 1.807) is 49.5 Å². The Morgan fingerprint density at radius 3 is 2.37 bits per heavy atom. The van der Waals surface area contributed by atoms with Gasteiger partial charge in [0.05, 0.1) is 24.1 Å². The van der Waals surface area contributed by atoms with Gasteiger partial charge >= 0.3 is 5.97 Å². The number of nitrogens with one attached hydrogen (secondary N) is 2. The zero-order valence-electron chi connectivity index (χ0n) is 16.0. The maximum absolute atomic E-state index is 12.1. The lowest BCUT2D eigenvalue weighted by atomic mass is 10.2. The number of hydrogen-bond acceptors (Lipinski definition) is 6. The summed E-state index contributed by atoms with van der Waals surface area (Å²) >= 11 is 0. The number of aromatic nitrogens is 1. The van der Waals surface area contributed by atoms with Gasteiger partial charge in [0.15, 0.2) is 0 Å². The molecule has 0 aliphatic heterocycles. The van der Waals surface area contributed by atoms with Gasteiger partial charge in [0.1, 0.15) is 5.69 Å². The molecule has 2 N–H and O–H groups in total. The summed E-state index contributed by atoms with van der Waals surface area (Å²) in [6.45, 7) is 3.66. The number of hydrogen-bond donors (Lipinski definition) is 2. The third-order valence-electron chi connectivity index (χ3n) is 3.75. The molecular formula is C20H26N4O3. The molecule has 1 amide bonds. The van der Waals surface area contributed by atoms with Crippen molar-refractivity contribution in [2.75, 3.05) is 39.1 Å². The third-order valence-corrected chi connectivity index (χ3v) is 3.75. The van der Waals surface area contributed by atoms with Crippen LogP contribution in [0.4, 0.5) is 11.4 Å². The lowest BCUT2D eigenvalue weighted by molar-refractivity contribution is 0.0526. The molecule has 2 rings (SSSR count). The molecule has 1 heterocycles. The Morgan fingerprint density at radius 2 is 1.78 bits per heavy atom. The minimum Gasteiger partial charge on any atom is -0.462 e. The minimum absolute atomic E-state index is 0.181. The molecule has 0 aliphatic carbocycles. The highest BCUT2D eigenvalue weighted by Gasteiger charge is 2.08. The van der Waals surface area contributed by atoms with Gasteiger partial charge in [0.25, 0.3) is 5.91 Å². The van der Waals surface area contributed by atoms with Crippen LogP contribution in [0.2, 0.25) is 0 Å². The van der Waals surface area contributed by atoms with Crippen LogP contribution in [0.25, 0.3) is 0 Å². The quantitative estimate of drug-likeness (QED) is 0.522.